The predicted octanol–water partition coefficient (Wildman–Crippen LogP) is 1.08. The van der Waals surface area contributed by atoms with Crippen LogP contribution in [0.15, 0.2) is 41.3 Å². The van der Waals surface area contributed by atoms with Crippen LogP contribution in [0.3, 0.4) is 0 Å². The number of aromatic nitrogens is 1. The highest BCUT2D eigenvalue weighted by Crippen LogP contribution is 2.30. The summed E-state index contributed by atoms with van der Waals surface area (Å²) in [5.74, 6) is 1.16. The van der Waals surface area contributed by atoms with Crippen molar-refractivity contribution in [3.05, 3.63) is 58.0 Å². The van der Waals surface area contributed by atoms with E-state index in [0.29, 0.717) is 31.1 Å². The number of carbonyl (C=O) groups excluding carboxylic acids is 1. The van der Waals surface area contributed by atoms with Gasteiger partial charge in [0.1, 0.15) is 13.2 Å². The molecule has 1 aliphatic rings. The molecule has 0 fully saturated rings. The summed E-state index contributed by atoms with van der Waals surface area (Å²) in [4.78, 5) is 25.3. The van der Waals surface area contributed by atoms with Crippen LogP contribution >= 0.6 is 0 Å². The third kappa shape index (κ3) is 3.05. The van der Waals surface area contributed by atoms with Crippen LogP contribution < -0.4 is 20.3 Å². The summed E-state index contributed by atoms with van der Waals surface area (Å²) >= 11 is 0. The molecule has 0 radical (unpaired) electrons. The summed E-state index contributed by atoms with van der Waals surface area (Å²) in [5.41, 5.74) is 1.09. The monoisotopic (exact) mass is 286 g/mol. The number of benzene rings is 1. The first kappa shape index (κ1) is 13.2. The van der Waals surface area contributed by atoms with Gasteiger partial charge in [0.25, 0.3) is 5.91 Å². The van der Waals surface area contributed by atoms with Crippen molar-refractivity contribution < 1.29 is 14.3 Å². The van der Waals surface area contributed by atoms with Gasteiger partial charge in [-0.2, -0.15) is 0 Å². The second-order valence-electron chi connectivity index (χ2n) is 4.60. The third-order valence-corrected chi connectivity index (χ3v) is 3.11. The average Bonchev–Trinajstić information content (AvgIpc) is 2.53. The zero-order chi connectivity index (χ0) is 14.7. The molecule has 0 spiro atoms. The van der Waals surface area contributed by atoms with Gasteiger partial charge in [0.05, 0.1) is 5.56 Å². The molecule has 0 bridgehead atoms. The molecule has 2 aromatic rings. The number of ether oxygens (including phenoxy) is 2. The maximum Gasteiger partial charge on any atom is 0.253 e. The molecule has 1 aromatic heterocycles. The molecule has 0 saturated heterocycles. The first-order chi connectivity index (χ1) is 10.2. The molecular weight excluding hydrogens is 272 g/mol. The van der Waals surface area contributed by atoms with Crippen LogP contribution in [0.5, 0.6) is 11.5 Å². The van der Waals surface area contributed by atoms with Crippen molar-refractivity contribution >= 4 is 5.91 Å². The van der Waals surface area contributed by atoms with Crippen LogP contribution in [-0.4, -0.2) is 24.1 Å². The molecule has 21 heavy (non-hydrogen) atoms. The normalized spacial score (nSPS) is 12.8. The number of nitrogens with one attached hydrogen (secondary N) is 2. The van der Waals surface area contributed by atoms with Gasteiger partial charge in [0, 0.05) is 18.8 Å². The van der Waals surface area contributed by atoms with Crippen LogP contribution in [0.1, 0.15) is 15.9 Å². The minimum Gasteiger partial charge on any atom is -0.486 e. The van der Waals surface area contributed by atoms with Crippen molar-refractivity contribution in [1.29, 1.82) is 0 Å². The van der Waals surface area contributed by atoms with Crippen molar-refractivity contribution in [2.45, 2.75) is 6.54 Å². The molecule has 108 valence electrons. The lowest BCUT2D eigenvalue weighted by Gasteiger charge is -2.18. The zero-order valence-corrected chi connectivity index (χ0v) is 11.2. The summed E-state index contributed by atoms with van der Waals surface area (Å²) in [7, 11) is 0. The van der Waals surface area contributed by atoms with E-state index < -0.39 is 0 Å². The minimum atomic E-state index is -0.249. The van der Waals surface area contributed by atoms with Crippen LogP contribution in [0, 0.1) is 0 Å². The lowest BCUT2D eigenvalue weighted by molar-refractivity contribution is 0.0950. The smallest absolute Gasteiger partial charge is 0.253 e. The van der Waals surface area contributed by atoms with E-state index in [1.54, 1.807) is 0 Å². The average molecular weight is 286 g/mol. The first-order valence-corrected chi connectivity index (χ1v) is 6.58. The number of fused-ring (bicyclic) bond motifs is 1. The molecule has 6 heteroatoms. The highest BCUT2D eigenvalue weighted by Gasteiger charge is 2.12. The van der Waals surface area contributed by atoms with E-state index in [0.717, 1.165) is 11.3 Å². The van der Waals surface area contributed by atoms with Gasteiger partial charge in [-0.3, -0.25) is 9.59 Å². The van der Waals surface area contributed by atoms with Crippen molar-refractivity contribution in [3.63, 3.8) is 0 Å². The molecule has 1 aliphatic heterocycles. The highest BCUT2D eigenvalue weighted by molar-refractivity contribution is 5.93. The molecule has 0 unspecified atom stereocenters. The van der Waals surface area contributed by atoms with Crippen LogP contribution in [0.2, 0.25) is 0 Å². The largest absolute Gasteiger partial charge is 0.486 e. The number of rotatable bonds is 3. The molecule has 0 aliphatic carbocycles. The quantitative estimate of drug-likeness (QED) is 0.884. The van der Waals surface area contributed by atoms with Gasteiger partial charge in [-0.25, -0.2) is 0 Å². The van der Waals surface area contributed by atoms with E-state index in [4.69, 9.17) is 9.47 Å². The number of H-pyrrole nitrogens is 1. The van der Waals surface area contributed by atoms with E-state index in [2.05, 4.69) is 10.3 Å². The number of hydrogen-bond acceptors (Lipinski definition) is 4. The Balaban J connectivity index is 1.66. The maximum atomic E-state index is 11.9. The zero-order valence-electron chi connectivity index (χ0n) is 11.2. The summed E-state index contributed by atoms with van der Waals surface area (Å²) in [6.45, 7) is 1.45. The van der Waals surface area contributed by atoms with Gasteiger partial charge in [0.2, 0.25) is 5.56 Å². The Kier molecular flexibility index (Phi) is 3.59. The first-order valence-electron chi connectivity index (χ1n) is 6.58. The lowest BCUT2D eigenvalue weighted by atomic mass is 10.2. The summed E-state index contributed by atoms with van der Waals surface area (Å²) in [6, 6.07) is 8.36. The van der Waals surface area contributed by atoms with Gasteiger partial charge in [-0.15, -0.1) is 0 Å². The number of pyridine rings is 1. The Morgan fingerprint density at radius 1 is 1.14 bits per heavy atom. The van der Waals surface area contributed by atoms with E-state index in [-0.39, 0.29) is 11.5 Å². The van der Waals surface area contributed by atoms with Gasteiger partial charge in [0.15, 0.2) is 11.5 Å². The van der Waals surface area contributed by atoms with Gasteiger partial charge >= 0.3 is 0 Å². The fraction of sp³-hybridized carbons (Fsp3) is 0.200. The number of hydrogen-bond donors (Lipinski definition) is 2. The van der Waals surface area contributed by atoms with Crippen molar-refractivity contribution in [3.8, 4) is 11.5 Å². The predicted molar refractivity (Wildman–Crippen MR) is 75.7 cm³/mol. The second kappa shape index (κ2) is 5.70. The SMILES string of the molecule is O=C(NCc1ccc2c(c1)OCCO2)c1ccc(=O)[nH]c1. The van der Waals surface area contributed by atoms with Crippen molar-refractivity contribution in [1.82, 2.24) is 10.3 Å². The summed E-state index contributed by atoms with van der Waals surface area (Å²) in [6.07, 6.45) is 1.39. The van der Waals surface area contributed by atoms with E-state index in [1.807, 2.05) is 18.2 Å². The Morgan fingerprint density at radius 2 is 1.95 bits per heavy atom. The molecule has 6 nitrogen and oxygen atoms in total. The van der Waals surface area contributed by atoms with Gasteiger partial charge in [-0.1, -0.05) is 6.07 Å². The number of amides is 1. The van der Waals surface area contributed by atoms with Crippen LogP contribution in [0.4, 0.5) is 0 Å². The van der Waals surface area contributed by atoms with Crippen LogP contribution in [-0.2, 0) is 6.54 Å². The highest BCUT2D eigenvalue weighted by atomic mass is 16.6. The standard InChI is InChI=1S/C15H14N2O4/c18-14-4-2-11(9-16-14)15(19)17-8-10-1-3-12-13(7-10)21-6-5-20-12/h1-4,7,9H,5-6,8H2,(H,16,18)(H,17,19). The fourth-order valence-electron chi connectivity index (χ4n) is 2.03. The number of carbonyl (C=O) groups is 1. The molecule has 3 rings (SSSR count). The molecule has 2 heterocycles. The maximum absolute atomic E-state index is 11.9. The Labute approximate surface area is 120 Å². The van der Waals surface area contributed by atoms with Gasteiger partial charge in [-0.05, 0) is 23.8 Å². The molecule has 0 saturated carbocycles. The number of aromatic amines is 1. The van der Waals surface area contributed by atoms with Crippen molar-refractivity contribution in [2.24, 2.45) is 0 Å². The second-order valence-corrected chi connectivity index (χ2v) is 4.60. The molecule has 1 amide bonds. The summed E-state index contributed by atoms with van der Waals surface area (Å²) < 4.78 is 10.9. The molecule has 0 atom stereocenters. The third-order valence-electron chi connectivity index (χ3n) is 3.11. The molecular formula is C15H14N2O4. The van der Waals surface area contributed by atoms with Crippen LogP contribution in [0.25, 0.3) is 0 Å². The lowest BCUT2D eigenvalue weighted by Crippen LogP contribution is -2.24. The Hall–Kier alpha value is -2.76. The Morgan fingerprint density at radius 3 is 2.71 bits per heavy atom. The minimum absolute atomic E-state index is 0.238. The topological polar surface area (TPSA) is 80.4 Å². The Bertz CT molecular complexity index is 703. The van der Waals surface area contributed by atoms with Crippen molar-refractivity contribution in [2.75, 3.05) is 13.2 Å². The van der Waals surface area contributed by atoms with E-state index in [9.17, 15) is 9.59 Å². The fourth-order valence-corrected chi connectivity index (χ4v) is 2.03. The van der Waals surface area contributed by atoms with E-state index >= 15 is 0 Å². The molecule has 2 N–H and O–H groups in total. The van der Waals surface area contributed by atoms with E-state index in [1.165, 1.54) is 18.3 Å². The summed E-state index contributed by atoms with van der Waals surface area (Å²) in [5, 5.41) is 2.78. The van der Waals surface area contributed by atoms with Gasteiger partial charge < -0.3 is 19.8 Å². The molecule has 1 aromatic carbocycles.